The zero-order valence-corrected chi connectivity index (χ0v) is 18.6. The predicted octanol–water partition coefficient (Wildman–Crippen LogP) is 3.09. The summed E-state index contributed by atoms with van der Waals surface area (Å²) in [4.78, 5) is 26.4. The maximum atomic E-state index is 14.5. The van der Waals surface area contributed by atoms with Crippen molar-refractivity contribution < 1.29 is 18.7 Å². The van der Waals surface area contributed by atoms with Gasteiger partial charge in [-0.05, 0) is 42.7 Å². The number of hydrogen-bond donors (Lipinski definition) is 2. The first kappa shape index (κ1) is 22.5. The summed E-state index contributed by atoms with van der Waals surface area (Å²) in [5.41, 5.74) is 2.87. The summed E-state index contributed by atoms with van der Waals surface area (Å²) in [5, 5.41) is 12.9. The third-order valence-electron chi connectivity index (χ3n) is 5.68. The molecule has 0 aliphatic carbocycles. The van der Waals surface area contributed by atoms with Crippen LogP contribution in [0.15, 0.2) is 42.5 Å². The number of H-pyrrole nitrogens is 1. The lowest BCUT2D eigenvalue weighted by molar-refractivity contribution is -0.119. The van der Waals surface area contributed by atoms with E-state index in [2.05, 4.69) is 27.7 Å². The summed E-state index contributed by atoms with van der Waals surface area (Å²) >= 11 is 0. The largest absolute Gasteiger partial charge is 0.442 e. The van der Waals surface area contributed by atoms with Gasteiger partial charge in [-0.15, -0.1) is 0 Å². The zero-order chi connectivity index (χ0) is 23.4. The fourth-order valence-corrected chi connectivity index (χ4v) is 3.96. The number of benzene rings is 2. The van der Waals surface area contributed by atoms with Gasteiger partial charge in [0.05, 0.1) is 24.5 Å². The van der Waals surface area contributed by atoms with Gasteiger partial charge in [0.1, 0.15) is 23.0 Å². The summed E-state index contributed by atoms with van der Waals surface area (Å²) in [7, 11) is 0. The summed E-state index contributed by atoms with van der Waals surface area (Å²) in [5.74, 6) is 0.0478. The number of amides is 2. The predicted molar refractivity (Wildman–Crippen MR) is 123 cm³/mol. The third-order valence-corrected chi connectivity index (χ3v) is 5.68. The van der Waals surface area contributed by atoms with Crippen molar-refractivity contribution in [2.24, 2.45) is 5.92 Å². The normalized spacial score (nSPS) is 19.9. The molecule has 2 N–H and O–H groups in total. The number of rotatable bonds is 4. The van der Waals surface area contributed by atoms with Crippen LogP contribution in [0, 0.1) is 11.7 Å². The highest BCUT2D eigenvalue weighted by atomic mass is 19.1. The minimum atomic E-state index is -0.521. The van der Waals surface area contributed by atoms with Crippen LogP contribution in [0.2, 0.25) is 0 Å². The second-order valence-corrected chi connectivity index (χ2v) is 8.34. The number of ether oxygens (including phenoxy) is 1. The molecule has 2 aliphatic rings. The summed E-state index contributed by atoms with van der Waals surface area (Å²) < 4.78 is 19.7. The molecule has 2 fully saturated rings. The van der Waals surface area contributed by atoms with Crippen LogP contribution in [0.1, 0.15) is 20.3 Å². The van der Waals surface area contributed by atoms with Crippen molar-refractivity contribution in [3.05, 3.63) is 48.3 Å². The molecule has 0 spiro atoms. The second kappa shape index (κ2) is 9.85. The van der Waals surface area contributed by atoms with Gasteiger partial charge >= 0.3 is 6.09 Å². The van der Waals surface area contributed by atoms with E-state index in [1.807, 2.05) is 29.2 Å². The van der Waals surface area contributed by atoms with Crippen LogP contribution in [0.3, 0.4) is 0 Å². The first-order valence-electron chi connectivity index (χ1n) is 10.9. The first-order valence-corrected chi connectivity index (χ1v) is 10.9. The molecule has 1 aromatic heterocycles. The smallest absolute Gasteiger partial charge is 0.414 e. The number of cyclic esters (lactones) is 1. The van der Waals surface area contributed by atoms with Crippen molar-refractivity contribution in [1.29, 1.82) is 0 Å². The van der Waals surface area contributed by atoms with Gasteiger partial charge in [-0.1, -0.05) is 19.1 Å². The molecule has 174 valence electrons. The van der Waals surface area contributed by atoms with E-state index in [1.54, 1.807) is 12.1 Å². The molecule has 2 amide bonds. The van der Waals surface area contributed by atoms with Gasteiger partial charge in [-0.25, -0.2) is 9.18 Å². The summed E-state index contributed by atoms with van der Waals surface area (Å²) in [6.07, 6.45) is 0.112. The molecule has 10 heteroatoms. The number of nitrogens with one attached hydrogen (secondary N) is 2. The molecule has 5 rings (SSSR count). The molecule has 2 saturated heterocycles. The average molecular weight is 455 g/mol. The van der Waals surface area contributed by atoms with Crippen molar-refractivity contribution in [3.63, 3.8) is 0 Å². The van der Waals surface area contributed by atoms with Crippen LogP contribution < -0.4 is 15.1 Å². The number of nitrogens with zero attached hydrogens (tertiary/aromatic N) is 4. The number of halogens is 1. The Kier molecular flexibility index (Phi) is 6.71. The van der Waals surface area contributed by atoms with Crippen LogP contribution in [-0.2, 0) is 9.53 Å². The SMILES string of the molecule is CC(=O)NC[C@H]1CN(c2ccc(N3CCC(C)C3)c(F)c2)C(=O)O1.c1ccc2n[nH]nc2c1. The summed E-state index contributed by atoms with van der Waals surface area (Å²) in [6, 6.07) is 12.5. The van der Waals surface area contributed by atoms with Crippen molar-refractivity contribution >= 4 is 34.4 Å². The van der Waals surface area contributed by atoms with Gasteiger partial charge in [0.25, 0.3) is 0 Å². The van der Waals surface area contributed by atoms with Gasteiger partial charge in [0, 0.05) is 20.0 Å². The molecular formula is C23H27FN6O3. The Hall–Kier alpha value is -3.69. The van der Waals surface area contributed by atoms with Crippen LogP contribution in [0.25, 0.3) is 11.0 Å². The van der Waals surface area contributed by atoms with Crippen LogP contribution in [-0.4, -0.2) is 59.7 Å². The van der Waals surface area contributed by atoms with E-state index in [4.69, 9.17) is 4.74 Å². The number of anilines is 2. The Morgan fingerprint density at radius 1 is 1.21 bits per heavy atom. The van der Waals surface area contributed by atoms with E-state index in [0.29, 0.717) is 23.8 Å². The summed E-state index contributed by atoms with van der Waals surface area (Å²) in [6.45, 7) is 5.80. The number of fused-ring (bicyclic) bond motifs is 1. The lowest BCUT2D eigenvalue weighted by Gasteiger charge is -2.21. The second-order valence-electron chi connectivity index (χ2n) is 8.34. The lowest BCUT2D eigenvalue weighted by Crippen LogP contribution is -2.33. The van der Waals surface area contributed by atoms with Gasteiger partial charge in [-0.2, -0.15) is 15.4 Å². The van der Waals surface area contributed by atoms with Crippen LogP contribution in [0.5, 0.6) is 0 Å². The standard InChI is InChI=1S/C17H22FN3O3.C6H5N3/c1-11-5-6-20(9-11)16-4-3-13(7-15(16)18)21-10-14(24-17(21)23)8-19-12(2)22;1-2-4-6-5(3-1)7-9-8-6/h3-4,7,11,14H,5-6,8-10H2,1-2H3,(H,19,22);1-4H,(H,7,8,9)/t11?,14-;/m0./s1. The van der Waals surface area contributed by atoms with Gasteiger partial charge in [0.2, 0.25) is 5.91 Å². The molecule has 2 aromatic carbocycles. The Bertz CT molecular complexity index is 1110. The fourth-order valence-electron chi connectivity index (χ4n) is 3.96. The maximum absolute atomic E-state index is 14.5. The first-order chi connectivity index (χ1) is 15.9. The molecule has 33 heavy (non-hydrogen) atoms. The highest BCUT2D eigenvalue weighted by Gasteiger charge is 2.33. The molecule has 1 unspecified atom stereocenters. The Balaban J connectivity index is 0.000000238. The molecule has 9 nitrogen and oxygen atoms in total. The van der Waals surface area contributed by atoms with Gasteiger partial charge < -0.3 is 15.0 Å². The van der Waals surface area contributed by atoms with E-state index in [0.717, 1.165) is 30.5 Å². The van der Waals surface area contributed by atoms with E-state index >= 15 is 0 Å². The van der Waals surface area contributed by atoms with Crippen molar-refractivity contribution in [2.75, 3.05) is 36.0 Å². The minimum absolute atomic E-state index is 0.181. The number of carbonyl (C=O) groups excluding carboxylic acids is 2. The Labute approximate surface area is 190 Å². The van der Waals surface area contributed by atoms with E-state index in [9.17, 15) is 14.0 Å². The van der Waals surface area contributed by atoms with E-state index in [1.165, 1.54) is 17.9 Å². The van der Waals surface area contributed by atoms with E-state index in [-0.39, 0.29) is 18.3 Å². The molecule has 2 atom stereocenters. The number of aromatic amines is 1. The van der Waals surface area contributed by atoms with Crippen LogP contribution >= 0.6 is 0 Å². The zero-order valence-electron chi connectivity index (χ0n) is 18.6. The number of carbonyl (C=O) groups is 2. The monoisotopic (exact) mass is 454 g/mol. The van der Waals surface area contributed by atoms with Crippen molar-refractivity contribution in [1.82, 2.24) is 20.7 Å². The number of aromatic nitrogens is 3. The average Bonchev–Trinajstić information content (AvgIpc) is 3.52. The molecule has 3 aromatic rings. The molecule has 2 aliphatic heterocycles. The van der Waals surface area contributed by atoms with E-state index < -0.39 is 12.2 Å². The molecular weight excluding hydrogens is 427 g/mol. The fraction of sp³-hybridized carbons (Fsp3) is 0.391. The highest BCUT2D eigenvalue weighted by Crippen LogP contribution is 2.30. The van der Waals surface area contributed by atoms with Gasteiger partial charge in [-0.3, -0.25) is 9.69 Å². The molecule has 0 saturated carbocycles. The van der Waals surface area contributed by atoms with Gasteiger partial charge in [0.15, 0.2) is 0 Å². The Morgan fingerprint density at radius 3 is 2.55 bits per heavy atom. The quantitative estimate of drug-likeness (QED) is 0.628. The lowest BCUT2D eigenvalue weighted by atomic mass is 10.2. The number of para-hydroxylation sites is 2. The maximum Gasteiger partial charge on any atom is 0.414 e. The van der Waals surface area contributed by atoms with Crippen molar-refractivity contribution in [3.8, 4) is 0 Å². The molecule has 0 bridgehead atoms. The topological polar surface area (TPSA) is 103 Å². The number of hydrogen-bond acceptors (Lipinski definition) is 6. The Morgan fingerprint density at radius 2 is 1.94 bits per heavy atom. The third kappa shape index (κ3) is 5.39. The van der Waals surface area contributed by atoms with Crippen LogP contribution in [0.4, 0.5) is 20.6 Å². The minimum Gasteiger partial charge on any atom is -0.442 e. The highest BCUT2D eigenvalue weighted by molar-refractivity contribution is 5.90. The molecule has 0 radical (unpaired) electrons. The molecule has 3 heterocycles. The van der Waals surface area contributed by atoms with Crippen molar-refractivity contribution in [2.45, 2.75) is 26.4 Å².